The number of hydrogen-bond acceptors (Lipinski definition) is 5. The molecule has 2 unspecified atom stereocenters. The second-order valence-corrected chi connectivity index (χ2v) is 6.11. The van der Waals surface area contributed by atoms with Crippen LogP contribution >= 0.6 is 0 Å². The number of amides is 1. The Morgan fingerprint density at radius 1 is 1.53 bits per heavy atom. The summed E-state index contributed by atoms with van der Waals surface area (Å²) in [5.41, 5.74) is 0. The first-order valence-electron chi connectivity index (χ1n) is 4.80. The number of sulfone groups is 1. The van der Waals surface area contributed by atoms with Crippen LogP contribution in [0.15, 0.2) is 0 Å². The van der Waals surface area contributed by atoms with Gasteiger partial charge >= 0.3 is 6.09 Å². The molecular weight excluding hydrogens is 222 g/mol. The van der Waals surface area contributed by atoms with E-state index in [0.717, 1.165) is 0 Å². The molecule has 7 heteroatoms. The van der Waals surface area contributed by atoms with Gasteiger partial charge in [-0.15, -0.1) is 0 Å². The number of aliphatic hydroxyl groups excluding tert-OH is 1. The fraction of sp³-hybridized carbons (Fsp3) is 0.875. The highest BCUT2D eigenvalue weighted by molar-refractivity contribution is 7.91. The molecule has 2 aliphatic rings. The van der Waals surface area contributed by atoms with Crippen molar-refractivity contribution in [2.45, 2.75) is 18.5 Å². The second-order valence-electron chi connectivity index (χ2n) is 3.88. The largest absolute Gasteiger partial charge is 0.447 e. The van der Waals surface area contributed by atoms with Crippen LogP contribution in [0.25, 0.3) is 0 Å². The van der Waals surface area contributed by atoms with E-state index in [-0.39, 0.29) is 30.8 Å². The average molecular weight is 235 g/mol. The number of cyclic esters (lactones) is 1. The Hall–Kier alpha value is -0.820. The monoisotopic (exact) mass is 235 g/mol. The third kappa shape index (κ3) is 1.93. The lowest BCUT2D eigenvalue weighted by atomic mass is 10.2. The van der Waals surface area contributed by atoms with Crippen LogP contribution in [0.3, 0.4) is 0 Å². The van der Waals surface area contributed by atoms with Crippen molar-refractivity contribution in [2.24, 2.45) is 0 Å². The molecule has 2 heterocycles. The second kappa shape index (κ2) is 3.64. The van der Waals surface area contributed by atoms with E-state index in [1.165, 1.54) is 4.90 Å². The maximum absolute atomic E-state index is 11.3. The van der Waals surface area contributed by atoms with Crippen LogP contribution in [0.1, 0.15) is 6.42 Å². The van der Waals surface area contributed by atoms with Gasteiger partial charge < -0.3 is 9.84 Å². The maximum Gasteiger partial charge on any atom is 0.410 e. The predicted octanol–water partition coefficient (Wildman–Crippen LogP) is -1.01. The number of hydrogen-bond donors (Lipinski definition) is 1. The summed E-state index contributed by atoms with van der Waals surface area (Å²) in [4.78, 5) is 12.7. The van der Waals surface area contributed by atoms with Gasteiger partial charge in [-0.25, -0.2) is 13.2 Å². The topological polar surface area (TPSA) is 83.9 Å². The molecule has 6 nitrogen and oxygen atoms in total. The smallest absolute Gasteiger partial charge is 0.410 e. The molecule has 0 saturated carbocycles. The van der Waals surface area contributed by atoms with Gasteiger partial charge in [0.2, 0.25) is 0 Å². The summed E-state index contributed by atoms with van der Waals surface area (Å²) in [6.07, 6.45) is -0.0790. The number of aliphatic hydroxyl groups is 1. The summed E-state index contributed by atoms with van der Waals surface area (Å²) in [5, 5.41) is 9.02. The zero-order valence-corrected chi connectivity index (χ0v) is 8.94. The fourth-order valence-corrected chi connectivity index (χ4v) is 3.77. The van der Waals surface area contributed by atoms with Crippen molar-refractivity contribution in [3.63, 3.8) is 0 Å². The summed E-state index contributed by atoms with van der Waals surface area (Å²) < 4.78 is 27.3. The third-order valence-electron chi connectivity index (χ3n) is 2.82. The molecule has 0 aromatic rings. The molecule has 0 spiro atoms. The van der Waals surface area contributed by atoms with Crippen molar-refractivity contribution in [1.29, 1.82) is 0 Å². The SMILES string of the molecule is O=C1OCC(CO)N1C1CCS(=O)(=O)C1. The molecule has 2 rings (SSSR count). The molecule has 2 aliphatic heterocycles. The lowest BCUT2D eigenvalue weighted by molar-refractivity contribution is 0.136. The molecule has 86 valence electrons. The Balaban J connectivity index is 2.13. The third-order valence-corrected chi connectivity index (χ3v) is 4.57. The van der Waals surface area contributed by atoms with Crippen LogP contribution in [0.4, 0.5) is 4.79 Å². The average Bonchev–Trinajstić information content (AvgIpc) is 2.69. The van der Waals surface area contributed by atoms with Gasteiger partial charge in [0.25, 0.3) is 0 Å². The first-order valence-corrected chi connectivity index (χ1v) is 6.62. The van der Waals surface area contributed by atoms with E-state index >= 15 is 0 Å². The van der Waals surface area contributed by atoms with E-state index in [9.17, 15) is 13.2 Å². The van der Waals surface area contributed by atoms with Gasteiger partial charge in [-0.2, -0.15) is 0 Å². The first-order chi connectivity index (χ1) is 7.03. The van der Waals surface area contributed by atoms with E-state index < -0.39 is 22.0 Å². The zero-order chi connectivity index (χ0) is 11.1. The van der Waals surface area contributed by atoms with E-state index in [2.05, 4.69) is 0 Å². The van der Waals surface area contributed by atoms with Crippen LogP contribution < -0.4 is 0 Å². The van der Waals surface area contributed by atoms with Crippen molar-refractivity contribution in [3.8, 4) is 0 Å². The quantitative estimate of drug-likeness (QED) is 0.662. The van der Waals surface area contributed by atoms with Gasteiger partial charge in [0.1, 0.15) is 6.61 Å². The molecule has 2 atom stereocenters. The first kappa shape index (κ1) is 10.7. The van der Waals surface area contributed by atoms with Crippen molar-refractivity contribution >= 4 is 15.9 Å². The summed E-state index contributed by atoms with van der Waals surface area (Å²) in [5.74, 6) is 0.0954. The Kier molecular flexibility index (Phi) is 2.59. The van der Waals surface area contributed by atoms with Crippen molar-refractivity contribution in [3.05, 3.63) is 0 Å². The molecule has 2 fully saturated rings. The lowest BCUT2D eigenvalue weighted by Gasteiger charge is -2.25. The standard InChI is InChI=1S/C8H13NO5S/c10-3-7-4-14-8(11)9(7)6-1-2-15(12,13)5-6/h6-7,10H,1-5H2. The summed E-state index contributed by atoms with van der Waals surface area (Å²) in [6, 6.07) is -0.724. The molecule has 0 radical (unpaired) electrons. The normalized spacial score (nSPS) is 34.5. The Bertz CT molecular complexity index is 365. The predicted molar refractivity (Wildman–Crippen MR) is 51.1 cm³/mol. The number of ether oxygens (including phenoxy) is 1. The molecule has 1 N–H and O–H groups in total. The Labute approximate surface area is 87.7 Å². The summed E-state index contributed by atoms with van der Waals surface area (Å²) in [6.45, 7) is -0.0475. The van der Waals surface area contributed by atoms with Crippen LogP contribution in [-0.4, -0.2) is 61.3 Å². The highest BCUT2D eigenvalue weighted by atomic mass is 32.2. The Morgan fingerprint density at radius 3 is 2.80 bits per heavy atom. The minimum Gasteiger partial charge on any atom is -0.447 e. The molecule has 0 bridgehead atoms. The fourth-order valence-electron chi connectivity index (χ4n) is 2.05. The number of carbonyl (C=O) groups is 1. The lowest BCUT2D eigenvalue weighted by Crippen LogP contribution is -2.44. The highest BCUT2D eigenvalue weighted by Gasteiger charge is 2.42. The van der Waals surface area contributed by atoms with Crippen LogP contribution in [-0.2, 0) is 14.6 Å². The molecule has 0 aliphatic carbocycles. The summed E-state index contributed by atoms with van der Waals surface area (Å²) in [7, 11) is -3.02. The van der Waals surface area contributed by atoms with E-state index in [4.69, 9.17) is 9.84 Å². The van der Waals surface area contributed by atoms with Gasteiger partial charge in [0.05, 0.1) is 30.2 Å². The van der Waals surface area contributed by atoms with Gasteiger partial charge in [-0.1, -0.05) is 0 Å². The van der Waals surface area contributed by atoms with E-state index in [1.54, 1.807) is 0 Å². The molecular formula is C8H13NO5S. The molecule has 0 aromatic heterocycles. The van der Waals surface area contributed by atoms with E-state index in [0.29, 0.717) is 6.42 Å². The molecule has 15 heavy (non-hydrogen) atoms. The van der Waals surface area contributed by atoms with Gasteiger partial charge in [0.15, 0.2) is 9.84 Å². The van der Waals surface area contributed by atoms with Crippen molar-refractivity contribution in [1.82, 2.24) is 4.90 Å². The molecule has 1 amide bonds. The Morgan fingerprint density at radius 2 is 2.27 bits per heavy atom. The number of nitrogens with zero attached hydrogens (tertiary/aromatic N) is 1. The molecule has 2 saturated heterocycles. The minimum absolute atomic E-state index is 0.0153. The van der Waals surface area contributed by atoms with Crippen molar-refractivity contribution < 1.29 is 23.1 Å². The van der Waals surface area contributed by atoms with Gasteiger partial charge in [0, 0.05) is 0 Å². The van der Waals surface area contributed by atoms with E-state index in [1.807, 2.05) is 0 Å². The molecule has 0 aromatic carbocycles. The van der Waals surface area contributed by atoms with Gasteiger partial charge in [-0.05, 0) is 6.42 Å². The van der Waals surface area contributed by atoms with Crippen LogP contribution in [0.5, 0.6) is 0 Å². The van der Waals surface area contributed by atoms with Crippen LogP contribution in [0.2, 0.25) is 0 Å². The highest BCUT2D eigenvalue weighted by Crippen LogP contribution is 2.24. The number of carbonyl (C=O) groups excluding carboxylic acids is 1. The zero-order valence-electron chi connectivity index (χ0n) is 8.13. The minimum atomic E-state index is -3.02. The van der Waals surface area contributed by atoms with Gasteiger partial charge in [-0.3, -0.25) is 4.90 Å². The van der Waals surface area contributed by atoms with Crippen LogP contribution in [0, 0.1) is 0 Å². The maximum atomic E-state index is 11.3. The summed E-state index contributed by atoms with van der Waals surface area (Å²) >= 11 is 0. The number of rotatable bonds is 2. The van der Waals surface area contributed by atoms with Crippen molar-refractivity contribution in [2.75, 3.05) is 24.7 Å².